The molecule has 1 atom stereocenters. The molecular formula is C15H25NO2. The Hall–Kier alpha value is -1.06. The van der Waals surface area contributed by atoms with Gasteiger partial charge in [0.2, 0.25) is 0 Å². The van der Waals surface area contributed by atoms with Crippen molar-refractivity contribution in [2.45, 2.75) is 25.7 Å². The lowest BCUT2D eigenvalue weighted by Crippen LogP contribution is -2.17. The van der Waals surface area contributed by atoms with Crippen LogP contribution in [-0.2, 0) is 11.2 Å². The second-order valence-corrected chi connectivity index (χ2v) is 4.64. The molecule has 18 heavy (non-hydrogen) atoms. The largest absolute Gasteiger partial charge is 0.497 e. The van der Waals surface area contributed by atoms with Gasteiger partial charge in [-0.2, -0.15) is 0 Å². The Kier molecular flexibility index (Phi) is 7.46. The molecule has 0 saturated carbocycles. The second kappa shape index (κ2) is 8.95. The molecule has 0 aromatic heterocycles. The maximum absolute atomic E-state index is 5.84. The minimum absolute atomic E-state index is 0.565. The van der Waals surface area contributed by atoms with Crippen molar-refractivity contribution in [2.75, 3.05) is 27.4 Å². The fraction of sp³-hybridized carbons (Fsp3) is 0.600. The van der Waals surface area contributed by atoms with E-state index in [1.54, 1.807) is 14.2 Å². The third-order valence-electron chi connectivity index (χ3n) is 3.23. The molecule has 102 valence electrons. The van der Waals surface area contributed by atoms with E-state index in [-0.39, 0.29) is 0 Å². The topological polar surface area (TPSA) is 44.5 Å². The third kappa shape index (κ3) is 5.52. The first-order chi connectivity index (χ1) is 8.80. The summed E-state index contributed by atoms with van der Waals surface area (Å²) < 4.78 is 10.2. The number of rotatable bonds is 9. The highest BCUT2D eigenvalue weighted by Crippen LogP contribution is 2.17. The van der Waals surface area contributed by atoms with Crippen molar-refractivity contribution >= 4 is 0 Å². The average Bonchev–Trinajstić information content (AvgIpc) is 2.43. The summed E-state index contributed by atoms with van der Waals surface area (Å²) in [5.41, 5.74) is 7.17. The molecule has 0 aliphatic heterocycles. The second-order valence-electron chi connectivity index (χ2n) is 4.64. The van der Waals surface area contributed by atoms with Crippen molar-refractivity contribution in [3.8, 4) is 5.75 Å². The fourth-order valence-electron chi connectivity index (χ4n) is 2.08. The Bertz CT molecular complexity index is 311. The van der Waals surface area contributed by atoms with Gasteiger partial charge in [0.05, 0.1) is 7.11 Å². The van der Waals surface area contributed by atoms with Crippen LogP contribution in [0.2, 0.25) is 0 Å². The molecular weight excluding hydrogens is 226 g/mol. The molecule has 3 nitrogen and oxygen atoms in total. The molecule has 1 aromatic carbocycles. The third-order valence-corrected chi connectivity index (χ3v) is 3.23. The van der Waals surface area contributed by atoms with Crippen molar-refractivity contribution in [2.24, 2.45) is 11.7 Å². The van der Waals surface area contributed by atoms with Crippen molar-refractivity contribution in [3.63, 3.8) is 0 Å². The molecule has 0 radical (unpaired) electrons. The fourth-order valence-corrected chi connectivity index (χ4v) is 2.08. The van der Waals surface area contributed by atoms with E-state index in [2.05, 4.69) is 12.1 Å². The van der Waals surface area contributed by atoms with E-state index in [4.69, 9.17) is 15.2 Å². The summed E-state index contributed by atoms with van der Waals surface area (Å²) in [5, 5.41) is 0. The molecule has 3 heteroatoms. The van der Waals surface area contributed by atoms with Crippen molar-refractivity contribution in [1.29, 1.82) is 0 Å². The van der Waals surface area contributed by atoms with Crippen molar-refractivity contribution in [1.82, 2.24) is 0 Å². The first-order valence-corrected chi connectivity index (χ1v) is 6.62. The molecule has 0 bridgehead atoms. The highest BCUT2D eigenvalue weighted by Gasteiger charge is 2.07. The number of unbranched alkanes of at least 4 members (excludes halogenated alkanes) is 1. The number of benzene rings is 1. The zero-order valence-electron chi connectivity index (χ0n) is 11.5. The smallest absolute Gasteiger partial charge is 0.118 e. The van der Waals surface area contributed by atoms with E-state index < -0.39 is 0 Å². The maximum atomic E-state index is 5.84. The Morgan fingerprint density at radius 2 is 1.83 bits per heavy atom. The van der Waals surface area contributed by atoms with E-state index in [9.17, 15) is 0 Å². The van der Waals surface area contributed by atoms with E-state index >= 15 is 0 Å². The number of methoxy groups -OCH3 is 2. The van der Waals surface area contributed by atoms with Crippen LogP contribution in [0, 0.1) is 5.92 Å². The summed E-state index contributed by atoms with van der Waals surface area (Å²) in [5.74, 6) is 1.47. The number of ether oxygens (including phenoxy) is 2. The molecule has 1 rings (SSSR count). The average molecular weight is 251 g/mol. The molecule has 0 aliphatic carbocycles. The first kappa shape index (κ1) is 15.0. The van der Waals surface area contributed by atoms with Gasteiger partial charge in [0.25, 0.3) is 0 Å². The van der Waals surface area contributed by atoms with E-state index in [1.807, 2.05) is 12.1 Å². The predicted molar refractivity (Wildman–Crippen MR) is 75.0 cm³/mol. The molecule has 0 fully saturated rings. The van der Waals surface area contributed by atoms with E-state index in [0.29, 0.717) is 5.92 Å². The predicted octanol–water partition coefficient (Wildman–Crippen LogP) is 2.63. The Labute approximate surface area is 110 Å². The highest BCUT2D eigenvalue weighted by atomic mass is 16.5. The number of nitrogens with two attached hydrogens (primary N) is 1. The van der Waals surface area contributed by atoms with Crippen molar-refractivity contribution in [3.05, 3.63) is 29.8 Å². The van der Waals surface area contributed by atoms with Gasteiger partial charge in [-0.25, -0.2) is 0 Å². The molecule has 0 spiro atoms. The first-order valence-electron chi connectivity index (χ1n) is 6.62. The molecule has 0 saturated heterocycles. The van der Waals surface area contributed by atoms with Crippen LogP contribution >= 0.6 is 0 Å². The van der Waals surface area contributed by atoms with Crippen LogP contribution in [0.25, 0.3) is 0 Å². The lowest BCUT2D eigenvalue weighted by molar-refractivity contribution is 0.190. The summed E-state index contributed by atoms with van der Waals surface area (Å²) in [6, 6.07) is 8.26. The summed E-state index contributed by atoms with van der Waals surface area (Å²) in [6.07, 6.45) is 4.53. The lowest BCUT2D eigenvalue weighted by atomic mass is 9.94. The van der Waals surface area contributed by atoms with Crippen LogP contribution in [0.4, 0.5) is 0 Å². The Morgan fingerprint density at radius 3 is 2.39 bits per heavy atom. The normalized spacial score (nSPS) is 12.4. The maximum Gasteiger partial charge on any atom is 0.118 e. The van der Waals surface area contributed by atoms with Gasteiger partial charge in [-0.05, 0) is 49.4 Å². The van der Waals surface area contributed by atoms with Crippen LogP contribution in [0.15, 0.2) is 24.3 Å². The lowest BCUT2D eigenvalue weighted by Gasteiger charge is -2.14. The van der Waals surface area contributed by atoms with Gasteiger partial charge in [-0.1, -0.05) is 18.6 Å². The van der Waals surface area contributed by atoms with E-state index in [0.717, 1.165) is 31.7 Å². The van der Waals surface area contributed by atoms with Gasteiger partial charge in [0, 0.05) is 13.7 Å². The standard InChI is InChI=1S/C15H25NO2/c1-17-10-4-3-5-14(12-16)11-13-6-8-15(18-2)9-7-13/h6-9,14H,3-5,10-12,16H2,1-2H3. The quantitative estimate of drug-likeness (QED) is 0.686. The molecule has 1 unspecified atom stereocenters. The summed E-state index contributed by atoms with van der Waals surface area (Å²) >= 11 is 0. The Balaban J connectivity index is 2.36. The van der Waals surface area contributed by atoms with Crippen LogP contribution in [0.3, 0.4) is 0 Å². The van der Waals surface area contributed by atoms with Gasteiger partial charge in [0.15, 0.2) is 0 Å². The molecule has 1 aromatic rings. The van der Waals surface area contributed by atoms with Crippen LogP contribution < -0.4 is 10.5 Å². The van der Waals surface area contributed by atoms with Crippen LogP contribution in [-0.4, -0.2) is 27.4 Å². The van der Waals surface area contributed by atoms with Gasteiger partial charge in [0.1, 0.15) is 5.75 Å². The molecule has 0 amide bonds. The monoisotopic (exact) mass is 251 g/mol. The summed E-state index contributed by atoms with van der Waals surface area (Å²) in [4.78, 5) is 0. The van der Waals surface area contributed by atoms with Gasteiger partial charge in [-0.3, -0.25) is 0 Å². The number of hydrogen-bond donors (Lipinski definition) is 1. The van der Waals surface area contributed by atoms with Gasteiger partial charge >= 0.3 is 0 Å². The zero-order valence-corrected chi connectivity index (χ0v) is 11.5. The molecule has 0 heterocycles. The zero-order chi connectivity index (χ0) is 13.2. The summed E-state index contributed by atoms with van der Waals surface area (Å²) in [7, 11) is 3.44. The SMILES string of the molecule is COCCCCC(CN)Cc1ccc(OC)cc1. The Morgan fingerprint density at radius 1 is 1.11 bits per heavy atom. The number of hydrogen-bond acceptors (Lipinski definition) is 3. The van der Waals surface area contributed by atoms with Gasteiger partial charge in [-0.15, -0.1) is 0 Å². The molecule has 2 N–H and O–H groups in total. The summed E-state index contributed by atoms with van der Waals surface area (Å²) in [6.45, 7) is 1.60. The van der Waals surface area contributed by atoms with Crippen LogP contribution in [0.5, 0.6) is 5.75 Å². The minimum Gasteiger partial charge on any atom is -0.497 e. The van der Waals surface area contributed by atoms with Gasteiger partial charge < -0.3 is 15.2 Å². The minimum atomic E-state index is 0.565. The molecule has 0 aliphatic rings. The van der Waals surface area contributed by atoms with Crippen LogP contribution in [0.1, 0.15) is 24.8 Å². The van der Waals surface area contributed by atoms with E-state index in [1.165, 1.54) is 18.4 Å². The van der Waals surface area contributed by atoms with Crippen molar-refractivity contribution < 1.29 is 9.47 Å². The highest BCUT2D eigenvalue weighted by molar-refractivity contribution is 5.27.